The van der Waals surface area contributed by atoms with Crippen molar-refractivity contribution < 1.29 is 0 Å². The van der Waals surface area contributed by atoms with Crippen LogP contribution in [0.4, 0.5) is 11.6 Å². The first-order valence-corrected chi connectivity index (χ1v) is 5.64. The Kier molecular flexibility index (Phi) is 4.98. The number of nitrogens with one attached hydrogen (secondary N) is 2. The van der Waals surface area contributed by atoms with Crippen LogP contribution < -0.4 is 16.4 Å². The highest BCUT2D eigenvalue weighted by Gasteiger charge is 2.02. The minimum atomic E-state index is 0.216. The number of nitrogens with zero attached hydrogens (tertiary/aromatic N) is 2. The lowest BCUT2D eigenvalue weighted by Crippen LogP contribution is -2.25. The molecule has 0 aromatic carbocycles. The van der Waals surface area contributed by atoms with Crippen molar-refractivity contribution in [3.05, 3.63) is 12.4 Å². The van der Waals surface area contributed by atoms with Crippen LogP contribution in [0.3, 0.4) is 0 Å². The Balaban J connectivity index is 2.56. The van der Waals surface area contributed by atoms with Crippen molar-refractivity contribution in [2.24, 2.45) is 11.7 Å². The lowest BCUT2D eigenvalue weighted by Gasteiger charge is -2.13. The van der Waals surface area contributed by atoms with E-state index in [2.05, 4.69) is 34.4 Å². The highest BCUT2D eigenvalue weighted by atomic mass is 15.1. The van der Waals surface area contributed by atoms with Gasteiger partial charge >= 0.3 is 0 Å². The molecule has 0 fully saturated rings. The second kappa shape index (κ2) is 6.27. The van der Waals surface area contributed by atoms with Crippen LogP contribution in [0.1, 0.15) is 20.8 Å². The first-order valence-electron chi connectivity index (χ1n) is 5.64. The summed E-state index contributed by atoms with van der Waals surface area (Å²) in [6.07, 6.45) is 1.55. The summed E-state index contributed by atoms with van der Waals surface area (Å²) >= 11 is 0. The summed E-state index contributed by atoms with van der Waals surface area (Å²) in [6.45, 7) is 7.82. The van der Waals surface area contributed by atoms with Crippen molar-refractivity contribution in [1.82, 2.24) is 9.97 Å². The van der Waals surface area contributed by atoms with Crippen molar-refractivity contribution in [2.75, 3.05) is 23.7 Å². The first kappa shape index (κ1) is 12.7. The molecule has 16 heavy (non-hydrogen) atoms. The van der Waals surface area contributed by atoms with E-state index in [1.807, 2.05) is 13.0 Å². The molecule has 0 spiro atoms. The van der Waals surface area contributed by atoms with Gasteiger partial charge in [-0.25, -0.2) is 9.97 Å². The summed E-state index contributed by atoms with van der Waals surface area (Å²) < 4.78 is 0. The zero-order chi connectivity index (χ0) is 12.0. The number of hydrogen-bond donors (Lipinski definition) is 3. The average Bonchev–Trinajstić information content (AvgIpc) is 2.26. The Morgan fingerprint density at radius 1 is 1.25 bits per heavy atom. The molecule has 1 heterocycles. The second-order valence-electron chi connectivity index (χ2n) is 4.34. The molecule has 0 amide bonds. The molecule has 0 saturated carbocycles. The van der Waals surface area contributed by atoms with Crippen LogP contribution in [0.2, 0.25) is 0 Å². The molecule has 4 N–H and O–H groups in total. The molecule has 5 heteroatoms. The lowest BCUT2D eigenvalue weighted by molar-refractivity contribution is 0.686. The normalized spacial score (nSPS) is 12.6. The largest absolute Gasteiger partial charge is 0.370 e. The molecule has 0 aliphatic heterocycles. The predicted molar refractivity (Wildman–Crippen MR) is 67.5 cm³/mol. The van der Waals surface area contributed by atoms with Crippen molar-refractivity contribution >= 4 is 11.6 Å². The molecule has 0 aliphatic carbocycles. The highest BCUT2D eigenvalue weighted by Crippen LogP contribution is 2.09. The summed E-state index contributed by atoms with van der Waals surface area (Å²) in [5.74, 6) is 2.24. The number of hydrogen-bond acceptors (Lipinski definition) is 5. The predicted octanol–water partition coefficient (Wildman–Crippen LogP) is 1.30. The molecule has 1 unspecified atom stereocenters. The van der Waals surface area contributed by atoms with E-state index in [1.165, 1.54) is 0 Å². The fourth-order valence-electron chi connectivity index (χ4n) is 1.15. The third-order valence-electron chi connectivity index (χ3n) is 2.11. The van der Waals surface area contributed by atoms with Gasteiger partial charge in [0.2, 0.25) is 0 Å². The van der Waals surface area contributed by atoms with Gasteiger partial charge in [0, 0.05) is 25.2 Å². The molecule has 0 bridgehead atoms. The Hall–Kier alpha value is -1.36. The lowest BCUT2D eigenvalue weighted by atomic mass is 10.2. The zero-order valence-electron chi connectivity index (χ0n) is 10.2. The van der Waals surface area contributed by atoms with Gasteiger partial charge in [-0.1, -0.05) is 13.8 Å². The van der Waals surface area contributed by atoms with Crippen molar-refractivity contribution in [3.63, 3.8) is 0 Å². The minimum Gasteiger partial charge on any atom is -0.370 e. The van der Waals surface area contributed by atoms with Crippen molar-refractivity contribution in [2.45, 2.75) is 26.8 Å². The standard InChI is InChI=1S/C11H21N5/c1-8(2)6-13-10-4-11(15-7-14-10)16-9(3)5-12/h4,7-9H,5-6,12H2,1-3H3,(H2,13,14,15,16). The number of anilines is 2. The van der Waals surface area contributed by atoms with E-state index >= 15 is 0 Å². The molecular weight excluding hydrogens is 202 g/mol. The minimum absolute atomic E-state index is 0.216. The van der Waals surface area contributed by atoms with E-state index in [1.54, 1.807) is 6.33 Å². The average molecular weight is 223 g/mol. The molecule has 5 nitrogen and oxygen atoms in total. The molecule has 0 radical (unpaired) electrons. The van der Waals surface area contributed by atoms with Crippen LogP contribution in [0, 0.1) is 5.92 Å². The Morgan fingerprint density at radius 3 is 2.56 bits per heavy atom. The van der Waals surface area contributed by atoms with Gasteiger partial charge in [0.1, 0.15) is 18.0 Å². The van der Waals surface area contributed by atoms with Crippen molar-refractivity contribution in [1.29, 1.82) is 0 Å². The third kappa shape index (κ3) is 4.44. The fourth-order valence-corrected chi connectivity index (χ4v) is 1.15. The molecular formula is C11H21N5. The molecule has 1 aromatic rings. The maximum absolute atomic E-state index is 5.53. The summed E-state index contributed by atoms with van der Waals surface area (Å²) in [4.78, 5) is 8.29. The summed E-state index contributed by atoms with van der Waals surface area (Å²) in [6, 6.07) is 2.11. The van der Waals surface area contributed by atoms with Gasteiger partial charge in [-0.2, -0.15) is 0 Å². The number of rotatable bonds is 6. The van der Waals surface area contributed by atoms with Gasteiger partial charge in [0.05, 0.1) is 0 Å². The Bertz CT molecular complexity index is 313. The van der Waals surface area contributed by atoms with E-state index in [0.717, 1.165) is 18.2 Å². The van der Waals surface area contributed by atoms with Crippen LogP contribution in [0.25, 0.3) is 0 Å². The summed E-state index contributed by atoms with van der Waals surface area (Å²) in [5, 5.41) is 6.46. The molecule has 0 saturated heterocycles. The van der Waals surface area contributed by atoms with E-state index < -0.39 is 0 Å². The summed E-state index contributed by atoms with van der Waals surface area (Å²) in [5.41, 5.74) is 5.53. The molecule has 1 aromatic heterocycles. The van der Waals surface area contributed by atoms with E-state index in [4.69, 9.17) is 5.73 Å². The SMILES string of the molecule is CC(C)CNc1cc(NC(C)CN)ncn1. The monoisotopic (exact) mass is 223 g/mol. The van der Waals surface area contributed by atoms with Crippen LogP contribution in [0.15, 0.2) is 12.4 Å². The second-order valence-corrected chi connectivity index (χ2v) is 4.34. The van der Waals surface area contributed by atoms with Crippen molar-refractivity contribution in [3.8, 4) is 0 Å². The summed E-state index contributed by atoms with van der Waals surface area (Å²) in [7, 11) is 0. The van der Waals surface area contributed by atoms with Crippen LogP contribution in [-0.2, 0) is 0 Å². The van der Waals surface area contributed by atoms with E-state index in [9.17, 15) is 0 Å². The fraction of sp³-hybridized carbons (Fsp3) is 0.636. The first-order chi connectivity index (χ1) is 7.61. The topological polar surface area (TPSA) is 75.9 Å². The molecule has 0 aliphatic rings. The highest BCUT2D eigenvalue weighted by molar-refractivity contribution is 5.46. The van der Waals surface area contributed by atoms with E-state index in [-0.39, 0.29) is 6.04 Å². The Morgan fingerprint density at radius 2 is 1.94 bits per heavy atom. The van der Waals surface area contributed by atoms with Crippen LogP contribution in [0.5, 0.6) is 0 Å². The Labute approximate surface area is 96.9 Å². The maximum Gasteiger partial charge on any atom is 0.131 e. The molecule has 1 rings (SSSR count). The number of nitrogens with two attached hydrogens (primary N) is 1. The maximum atomic E-state index is 5.53. The quantitative estimate of drug-likeness (QED) is 0.678. The van der Waals surface area contributed by atoms with Gasteiger partial charge in [-0.3, -0.25) is 0 Å². The van der Waals surface area contributed by atoms with Gasteiger partial charge in [-0.05, 0) is 12.8 Å². The van der Waals surface area contributed by atoms with Gasteiger partial charge in [0.25, 0.3) is 0 Å². The van der Waals surface area contributed by atoms with Crippen LogP contribution >= 0.6 is 0 Å². The van der Waals surface area contributed by atoms with Gasteiger partial charge in [-0.15, -0.1) is 0 Å². The van der Waals surface area contributed by atoms with E-state index in [0.29, 0.717) is 12.5 Å². The van der Waals surface area contributed by atoms with Crippen LogP contribution in [-0.4, -0.2) is 29.1 Å². The third-order valence-corrected chi connectivity index (χ3v) is 2.11. The zero-order valence-corrected chi connectivity index (χ0v) is 10.2. The van der Waals surface area contributed by atoms with Gasteiger partial charge in [0.15, 0.2) is 0 Å². The molecule has 1 atom stereocenters. The van der Waals surface area contributed by atoms with Gasteiger partial charge < -0.3 is 16.4 Å². The smallest absolute Gasteiger partial charge is 0.131 e. The number of aromatic nitrogens is 2. The molecule has 90 valence electrons.